The summed E-state index contributed by atoms with van der Waals surface area (Å²) >= 11 is 0. The molecule has 0 unspecified atom stereocenters. The van der Waals surface area contributed by atoms with E-state index in [4.69, 9.17) is 4.74 Å². The monoisotopic (exact) mass is 722 g/mol. The number of pyridine rings is 1. The van der Waals surface area contributed by atoms with E-state index < -0.39 is 63.3 Å². The number of aromatic nitrogens is 1. The van der Waals surface area contributed by atoms with E-state index in [1.807, 2.05) is 30.3 Å². The van der Waals surface area contributed by atoms with Crippen molar-refractivity contribution in [1.29, 1.82) is 0 Å². The van der Waals surface area contributed by atoms with Crippen molar-refractivity contribution >= 4 is 44.6 Å². The first kappa shape index (κ1) is 35.8. The molecule has 0 radical (unpaired) electrons. The van der Waals surface area contributed by atoms with Crippen molar-refractivity contribution in [2.24, 2.45) is 5.92 Å². The van der Waals surface area contributed by atoms with Gasteiger partial charge in [-0.3, -0.25) is 19.2 Å². The number of nitrogens with zero attached hydrogens (tertiary/aromatic N) is 2. The molecule has 1 aliphatic carbocycles. The highest BCUT2D eigenvalue weighted by Gasteiger charge is 2.61. The third-order valence-electron chi connectivity index (χ3n) is 9.20. The molecule has 0 bridgehead atoms. The predicted molar refractivity (Wildman–Crippen MR) is 190 cm³/mol. The van der Waals surface area contributed by atoms with E-state index in [9.17, 15) is 32.7 Å². The number of carbonyl (C=O) groups is 4. The minimum atomic E-state index is -4.27. The molecular formula is C38H36N5O8S-. The second kappa shape index (κ2) is 14.3. The molecule has 1 aliphatic heterocycles. The quantitative estimate of drug-likeness (QED) is 0.146. The average Bonchev–Trinajstić information content (AvgIpc) is 3.70. The lowest BCUT2D eigenvalue weighted by molar-refractivity contribution is -0.268. The Kier molecular flexibility index (Phi) is 9.85. The lowest BCUT2D eigenvalue weighted by atomic mass is 10.1. The topological polar surface area (TPSA) is 187 Å². The zero-order chi connectivity index (χ0) is 37.2. The number of likely N-dealkylation sites (tertiary alicyclic amines) is 1. The van der Waals surface area contributed by atoms with E-state index in [0.29, 0.717) is 22.3 Å². The van der Waals surface area contributed by atoms with Gasteiger partial charge in [0.25, 0.3) is 15.9 Å². The van der Waals surface area contributed by atoms with Crippen LogP contribution in [0.4, 0.5) is 0 Å². The average molecular weight is 723 g/mol. The number of hydrogen-bond donors (Lipinski definition) is 3. The second-order valence-corrected chi connectivity index (χ2v) is 14.4. The number of ether oxygens (including phenoxy) is 1. The van der Waals surface area contributed by atoms with E-state index in [0.717, 1.165) is 11.6 Å². The van der Waals surface area contributed by atoms with Gasteiger partial charge in [0.05, 0.1) is 22.7 Å². The highest BCUT2D eigenvalue weighted by molar-refractivity contribution is 7.90. The zero-order valence-electron chi connectivity index (χ0n) is 28.2. The molecule has 2 heterocycles. The van der Waals surface area contributed by atoms with E-state index in [-0.39, 0.29) is 30.0 Å². The fourth-order valence-electron chi connectivity index (χ4n) is 6.38. The Labute approximate surface area is 300 Å². The number of nitrogens with one attached hydrogen (secondary N) is 3. The molecule has 5 atom stereocenters. The maximum Gasteiger partial charge on any atom is 0.264 e. The maximum atomic E-state index is 14.1. The van der Waals surface area contributed by atoms with Crippen molar-refractivity contribution in [3.63, 3.8) is 0 Å². The molecule has 3 aromatic carbocycles. The summed E-state index contributed by atoms with van der Waals surface area (Å²) in [4.78, 5) is 59.4. The third kappa shape index (κ3) is 7.23. The first-order chi connectivity index (χ1) is 24.8. The van der Waals surface area contributed by atoms with Gasteiger partial charge in [-0.1, -0.05) is 67.3 Å². The van der Waals surface area contributed by atoms with Crippen LogP contribution >= 0.6 is 0 Å². The van der Waals surface area contributed by atoms with Gasteiger partial charge in [-0.15, -0.1) is 12.3 Å². The Morgan fingerprint density at radius 1 is 1.02 bits per heavy atom. The Morgan fingerprint density at radius 2 is 1.71 bits per heavy atom. The molecule has 13 nitrogen and oxygen atoms in total. The lowest BCUT2D eigenvalue weighted by Crippen LogP contribution is -2.57. The summed E-state index contributed by atoms with van der Waals surface area (Å²) < 4.78 is 34.6. The fraction of sp³-hybridized carbons (Fsp3) is 0.237. The summed E-state index contributed by atoms with van der Waals surface area (Å²) in [6, 6.07) is 20.5. The first-order valence-electron chi connectivity index (χ1n) is 16.5. The van der Waals surface area contributed by atoms with Gasteiger partial charge in [-0.25, -0.2) is 18.1 Å². The van der Waals surface area contributed by atoms with Gasteiger partial charge in [0.2, 0.25) is 17.7 Å². The van der Waals surface area contributed by atoms with Crippen molar-refractivity contribution < 1.29 is 37.4 Å². The number of benzene rings is 3. The highest BCUT2D eigenvalue weighted by Crippen LogP contribution is 2.45. The van der Waals surface area contributed by atoms with Gasteiger partial charge >= 0.3 is 0 Å². The molecule has 268 valence electrons. The number of sulfonamides is 1. The molecule has 1 aromatic heterocycles. The van der Waals surface area contributed by atoms with Gasteiger partial charge in [-0.2, -0.15) is 0 Å². The fourth-order valence-corrected chi connectivity index (χ4v) is 7.44. The summed E-state index contributed by atoms with van der Waals surface area (Å²) in [5, 5.41) is 18.1. The minimum Gasteiger partial charge on any atom is -0.872 e. The van der Waals surface area contributed by atoms with Crippen LogP contribution < -0.4 is 25.2 Å². The van der Waals surface area contributed by atoms with Crippen LogP contribution in [0.15, 0.2) is 115 Å². The second-order valence-electron chi connectivity index (χ2n) is 12.7. The Morgan fingerprint density at radius 3 is 2.37 bits per heavy atom. The van der Waals surface area contributed by atoms with E-state index in [2.05, 4.69) is 33.5 Å². The molecule has 2 fully saturated rings. The first-order valence-corrected chi connectivity index (χ1v) is 18.0. The Bertz CT molecular complexity index is 2180. The van der Waals surface area contributed by atoms with E-state index in [1.54, 1.807) is 18.2 Å². The number of carbonyl (C=O) groups excluding carboxylic acids is 4. The Hall–Kier alpha value is -6.02. The van der Waals surface area contributed by atoms with Gasteiger partial charge in [0.15, 0.2) is 0 Å². The molecular weight excluding hydrogens is 687 g/mol. The van der Waals surface area contributed by atoms with Crippen LogP contribution in [0.3, 0.4) is 0 Å². The van der Waals surface area contributed by atoms with Gasteiger partial charge in [0.1, 0.15) is 29.5 Å². The van der Waals surface area contributed by atoms with E-state index in [1.165, 1.54) is 54.3 Å². The maximum absolute atomic E-state index is 14.1. The third-order valence-corrected chi connectivity index (χ3v) is 10.5. The van der Waals surface area contributed by atoms with Crippen molar-refractivity contribution in [2.45, 2.75) is 48.4 Å². The van der Waals surface area contributed by atoms with Crippen LogP contribution in [-0.2, 0) is 29.2 Å². The van der Waals surface area contributed by atoms with Crippen molar-refractivity contribution in [1.82, 2.24) is 25.2 Å². The molecule has 6 rings (SSSR count). The summed E-state index contributed by atoms with van der Waals surface area (Å²) in [5.74, 6) is -3.32. The van der Waals surface area contributed by atoms with Crippen LogP contribution in [0.5, 0.6) is 11.5 Å². The standard InChI is InChI=1S/C38H37N5O8S/c1-4-25-21-38(25,37(48)42-52(49,50)28-14-10-7-11-15-28)41-35(46)32-19-27(22-43(32)36(47)23(3)39-34(45)5-2)51-33-20-30(24-12-8-6-9-13-24)40-31-18-26(44)16-17-29(31)33/h4-18,20,23,25,27,32,44H,1-2,19,21-22H2,3H3,(H,39,45)(H,41,46)(H,42,48)/p-1/t23-,25-,27-,32+,38-/m1/s1. The van der Waals surface area contributed by atoms with Crippen LogP contribution in [0, 0.1) is 5.92 Å². The molecule has 2 aliphatic rings. The van der Waals surface area contributed by atoms with Crippen LogP contribution in [-0.4, -0.2) is 72.2 Å². The SMILES string of the molecule is C=CC(=O)N[C@H](C)C(=O)N1C[C@H](Oc2cc(-c3ccccc3)nc3cc([O-])ccc23)C[C@H]1C(=O)N[C@]1(C(=O)NS(=O)(=O)c2ccccc2)C[C@H]1C=C. The normalized spacial score (nSPS) is 21.4. The van der Waals surface area contributed by atoms with Crippen molar-refractivity contribution in [2.75, 3.05) is 6.54 Å². The summed E-state index contributed by atoms with van der Waals surface area (Å²) in [6.45, 7) is 8.55. The highest BCUT2D eigenvalue weighted by atomic mass is 32.2. The lowest BCUT2D eigenvalue weighted by Gasteiger charge is -2.28. The Balaban J connectivity index is 1.29. The molecule has 1 saturated carbocycles. The molecule has 0 spiro atoms. The summed E-state index contributed by atoms with van der Waals surface area (Å²) in [7, 11) is -4.27. The number of fused-ring (bicyclic) bond motifs is 1. The van der Waals surface area contributed by atoms with Crippen LogP contribution in [0.2, 0.25) is 0 Å². The van der Waals surface area contributed by atoms with Crippen LogP contribution in [0.25, 0.3) is 22.2 Å². The van der Waals surface area contributed by atoms with Gasteiger partial charge in [-0.05, 0) is 43.7 Å². The van der Waals surface area contributed by atoms with Gasteiger partial charge < -0.3 is 25.4 Å². The molecule has 52 heavy (non-hydrogen) atoms. The summed E-state index contributed by atoms with van der Waals surface area (Å²) in [6.07, 6.45) is 1.77. The molecule has 4 aromatic rings. The molecule has 4 amide bonds. The number of rotatable bonds is 12. The van der Waals surface area contributed by atoms with E-state index >= 15 is 0 Å². The summed E-state index contributed by atoms with van der Waals surface area (Å²) in [5.41, 5.74) is 0.0699. The molecule has 3 N–H and O–H groups in total. The largest absolute Gasteiger partial charge is 0.872 e. The van der Waals surface area contributed by atoms with Crippen LogP contribution in [0.1, 0.15) is 19.8 Å². The number of amides is 4. The number of hydrogen-bond acceptors (Lipinski definition) is 9. The molecule has 14 heteroatoms. The van der Waals surface area contributed by atoms with Gasteiger partial charge in [0, 0.05) is 29.4 Å². The molecule has 1 saturated heterocycles. The van der Waals surface area contributed by atoms with Crippen molar-refractivity contribution in [3.8, 4) is 22.8 Å². The predicted octanol–water partition coefficient (Wildman–Crippen LogP) is 2.58. The minimum absolute atomic E-state index is 0.0252. The smallest absolute Gasteiger partial charge is 0.264 e. The zero-order valence-corrected chi connectivity index (χ0v) is 29.0. The van der Waals surface area contributed by atoms with Crippen molar-refractivity contribution in [3.05, 3.63) is 110 Å².